The molecule has 2 heterocycles. The van der Waals surface area contributed by atoms with E-state index in [4.69, 9.17) is 11.6 Å². The zero-order valence-electron chi connectivity index (χ0n) is 12.1. The molecule has 118 valence electrons. The van der Waals surface area contributed by atoms with Crippen molar-refractivity contribution in [2.75, 3.05) is 5.32 Å². The first kappa shape index (κ1) is 14.8. The molecule has 0 aliphatic heterocycles. The molecule has 0 radical (unpaired) electrons. The second-order valence-electron chi connectivity index (χ2n) is 5.00. The first-order valence-electron chi connectivity index (χ1n) is 6.97. The predicted octanol–water partition coefficient (Wildman–Crippen LogP) is 3.21. The lowest BCUT2D eigenvalue weighted by atomic mass is 10.2. The molecule has 1 amide bonds. The summed E-state index contributed by atoms with van der Waals surface area (Å²) >= 11 is 6.88. The number of nitrogens with zero attached hydrogens (tertiary/aromatic N) is 3. The van der Waals surface area contributed by atoms with E-state index in [9.17, 15) is 9.59 Å². The van der Waals surface area contributed by atoms with E-state index in [0.29, 0.717) is 26.6 Å². The molecule has 0 fully saturated rings. The molecule has 4 rings (SSSR count). The minimum Gasteiger partial charge on any atom is -0.320 e. The molecule has 0 saturated carbocycles. The molecule has 0 saturated heterocycles. The van der Waals surface area contributed by atoms with E-state index >= 15 is 0 Å². The topological polar surface area (TPSA) is 76.4 Å². The third-order valence-electron chi connectivity index (χ3n) is 3.42. The molecule has 0 aliphatic carbocycles. The fraction of sp³-hybridized carbons (Fsp3) is 0. The highest BCUT2D eigenvalue weighted by molar-refractivity contribution is 7.18. The molecule has 4 aromatic rings. The number of carbonyl (C=O) groups is 1. The maximum Gasteiger partial charge on any atom is 0.286 e. The Morgan fingerprint density at radius 3 is 2.67 bits per heavy atom. The Hall–Kier alpha value is -2.77. The van der Waals surface area contributed by atoms with Crippen molar-refractivity contribution < 1.29 is 4.79 Å². The number of amides is 1. The Labute approximate surface area is 144 Å². The molecule has 0 unspecified atom stereocenters. The van der Waals surface area contributed by atoms with Gasteiger partial charge in [0.1, 0.15) is 0 Å². The fourth-order valence-corrected chi connectivity index (χ4v) is 3.23. The number of benzene rings is 2. The van der Waals surface area contributed by atoms with Gasteiger partial charge in [-0.05, 0) is 36.4 Å². The van der Waals surface area contributed by atoms with Crippen LogP contribution in [-0.2, 0) is 0 Å². The zero-order valence-corrected chi connectivity index (χ0v) is 13.6. The van der Waals surface area contributed by atoms with Gasteiger partial charge in [-0.25, -0.2) is 4.52 Å². The highest BCUT2D eigenvalue weighted by Crippen LogP contribution is 2.19. The molecule has 0 spiro atoms. The van der Waals surface area contributed by atoms with Gasteiger partial charge in [-0.1, -0.05) is 35.1 Å². The third kappa shape index (κ3) is 2.53. The van der Waals surface area contributed by atoms with Crippen molar-refractivity contribution in [3.05, 3.63) is 68.9 Å². The van der Waals surface area contributed by atoms with Gasteiger partial charge in [0.25, 0.3) is 11.5 Å². The molecule has 1 N–H and O–H groups in total. The van der Waals surface area contributed by atoms with Gasteiger partial charge < -0.3 is 5.32 Å². The van der Waals surface area contributed by atoms with Crippen LogP contribution in [0.3, 0.4) is 0 Å². The Morgan fingerprint density at radius 1 is 1.12 bits per heavy atom. The largest absolute Gasteiger partial charge is 0.320 e. The first-order valence-corrected chi connectivity index (χ1v) is 8.17. The number of nitrogens with one attached hydrogen (secondary N) is 1. The summed E-state index contributed by atoms with van der Waals surface area (Å²) in [4.78, 5) is 28.8. The van der Waals surface area contributed by atoms with Crippen LogP contribution in [-0.4, -0.2) is 20.5 Å². The van der Waals surface area contributed by atoms with Crippen molar-refractivity contribution >= 4 is 50.4 Å². The van der Waals surface area contributed by atoms with Crippen molar-refractivity contribution in [1.29, 1.82) is 0 Å². The molecule has 2 aromatic carbocycles. The summed E-state index contributed by atoms with van der Waals surface area (Å²) in [5.41, 5.74) is 0.893. The number of hydrogen-bond acceptors (Lipinski definition) is 5. The van der Waals surface area contributed by atoms with E-state index < -0.39 is 0 Å². The quantitative estimate of drug-likeness (QED) is 0.598. The van der Waals surface area contributed by atoms with Crippen LogP contribution >= 0.6 is 22.9 Å². The van der Waals surface area contributed by atoms with Crippen LogP contribution in [0.1, 0.15) is 9.80 Å². The summed E-state index contributed by atoms with van der Waals surface area (Å²) in [6.45, 7) is 0. The van der Waals surface area contributed by atoms with Gasteiger partial charge in [0.15, 0.2) is 0 Å². The van der Waals surface area contributed by atoms with Crippen molar-refractivity contribution in [3.63, 3.8) is 0 Å². The van der Waals surface area contributed by atoms with Crippen molar-refractivity contribution in [3.8, 4) is 0 Å². The standard InChI is InChI=1S/C16H9ClN4O2S/c17-9-5-7-10(8-6-9)18-14(23)15-20-21-12-4-2-1-3-11(12)13(22)19-16(21)24-15/h1-8H,(H,18,23). The number of fused-ring (bicyclic) bond motifs is 3. The van der Waals surface area contributed by atoms with E-state index in [1.165, 1.54) is 4.52 Å². The number of aromatic nitrogens is 3. The summed E-state index contributed by atoms with van der Waals surface area (Å²) in [5.74, 6) is -0.371. The highest BCUT2D eigenvalue weighted by Gasteiger charge is 2.16. The second-order valence-corrected chi connectivity index (χ2v) is 6.39. The van der Waals surface area contributed by atoms with Crippen molar-refractivity contribution in [2.24, 2.45) is 0 Å². The second kappa shape index (κ2) is 5.70. The van der Waals surface area contributed by atoms with E-state index in [1.807, 2.05) is 0 Å². The maximum atomic E-state index is 12.4. The summed E-state index contributed by atoms with van der Waals surface area (Å²) in [5, 5.41) is 8.30. The van der Waals surface area contributed by atoms with Crippen LogP contribution in [0.5, 0.6) is 0 Å². The molecule has 8 heteroatoms. The molecule has 24 heavy (non-hydrogen) atoms. The molecular weight excluding hydrogens is 348 g/mol. The Kier molecular flexibility index (Phi) is 3.51. The van der Waals surface area contributed by atoms with Gasteiger partial charge in [-0.3, -0.25) is 9.59 Å². The number of para-hydroxylation sites is 1. The summed E-state index contributed by atoms with van der Waals surface area (Å²) in [7, 11) is 0. The molecule has 2 aromatic heterocycles. The van der Waals surface area contributed by atoms with Crippen LogP contribution in [0, 0.1) is 0 Å². The van der Waals surface area contributed by atoms with Gasteiger partial charge in [0.2, 0.25) is 9.97 Å². The normalized spacial score (nSPS) is 11.0. The van der Waals surface area contributed by atoms with E-state index in [2.05, 4.69) is 15.4 Å². The van der Waals surface area contributed by atoms with Crippen molar-refractivity contribution in [2.45, 2.75) is 0 Å². The van der Waals surface area contributed by atoms with Gasteiger partial charge >= 0.3 is 0 Å². The zero-order chi connectivity index (χ0) is 16.7. The van der Waals surface area contributed by atoms with Crippen LogP contribution in [0.25, 0.3) is 15.9 Å². The van der Waals surface area contributed by atoms with Crippen molar-refractivity contribution in [1.82, 2.24) is 14.6 Å². The monoisotopic (exact) mass is 356 g/mol. The average molecular weight is 357 g/mol. The minimum atomic E-state index is -0.371. The maximum absolute atomic E-state index is 12.4. The van der Waals surface area contributed by atoms with Crippen LogP contribution in [0.2, 0.25) is 5.02 Å². The van der Waals surface area contributed by atoms with E-state index in [-0.39, 0.29) is 16.5 Å². The number of carbonyl (C=O) groups excluding carboxylic acids is 1. The Morgan fingerprint density at radius 2 is 1.88 bits per heavy atom. The number of hydrogen-bond donors (Lipinski definition) is 1. The smallest absolute Gasteiger partial charge is 0.286 e. The van der Waals surface area contributed by atoms with Crippen LogP contribution in [0.15, 0.2) is 53.3 Å². The van der Waals surface area contributed by atoms with E-state index in [0.717, 1.165) is 11.3 Å². The Bertz CT molecular complexity index is 1130. The van der Waals surface area contributed by atoms with Crippen LogP contribution < -0.4 is 10.9 Å². The van der Waals surface area contributed by atoms with Gasteiger partial charge in [0.05, 0.1) is 10.9 Å². The number of rotatable bonds is 2. The Balaban J connectivity index is 1.77. The van der Waals surface area contributed by atoms with Crippen LogP contribution in [0.4, 0.5) is 5.69 Å². The summed E-state index contributed by atoms with van der Waals surface area (Å²) in [6, 6.07) is 13.8. The molecule has 0 bridgehead atoms. The number of anilines is 1. The van der Waals surface area contributed by atoms with Gasteiger partial charge in [-0.15, -0.1) is 5.10 Å². The van der Waals surface area contributed by atoms with E-state index in [1.54, 1.807) is 48.5 Å². The molecule has 0 aliphatic rings. The van der Waals surface area contributed by atoms with Gasteiger partial charge in [-0.2, -0.15) is 4.98 Å². The number of halogens is 1. The first-order chi connectivity index (χ1) is 11.6. The minimum absolute atomic E-state index is 0.216. The highest BCUT2D eigenvalue weighted by atomic mass is 35.5. The molecular formula is C16H9ClN4O2S. The predicted molar refractivity (Wildman–Crippen MR) is 94.0 cm³/mol. The summed E-state index contributed by atoms with van der Waals surface area (Å²) in [6.07, 6.45) is 0. The average Bonchev–Trinajstić information content (AvgIpc) is 3.01. The lowest BCUT2D eigenvalue weighted by Crippen LogP contribution is -2.12. The van der Waals surface area contributed by atoms with Gasteiger partial charge in [0, 0.05) is 10.7 Å². The SMILES string of the molecule is O=C(Nc1ccc(Cl)cc1)c1nn2c(nc(=O)c3ccccc32)s1. The fourth-order valence-electron chi connectivity index (χ4n) is 2.31. The lowest BCUT2D eigenvalue weighted by molar-refractivity contribution is 0.102. The lowest BCUT2D eigenvalue weighted by Gasteiger charge is -2.02. The summed E-state index contributed by atoms with van der Waals surface area (Å²) < 4.78 is 1.51. The molecule has 0 atom stereocenters. The molecule has 6 nitrogen and oxygen atoms in total. The third-order valence-corrected chi connectivity index (χ3v) is 4.58.